The number of methoxy groups -OCH3 is 1. The number of hydrogen-bond donors (Lipinski definition) is 0. The lowest BCUT2D eigenvalue weighted by molar-refractivity contribution is -0.136. The van der Waals surface area contributed by atoms with Crippen LogP contribution in [0, 0.1) is 23.5 Å². The number of ketones is 2. The Hall–Kier alpha value is -2.15. The maximum atomic E-state index is 14.5. The summed E-state index contributed by atoms with van der Waals surface area (Å²) in [6, 6.07) is 2.03. The van der Waals surface area contributed by atoms with Gasteiger partial charge in [-0.05, 0) is 31.7 Å². The average Bonchev–Trinajstić information content (AvgIpc) is 3.28. The molecule has 2 saturated carbocycles. The molecule has 1 aromatic heterocycles. The number of fused-ring (bicyclic) bond motifs is 2. The van der Waals surface area contributed by atoms with Gasteiger partial charge in [-0.15, -0.1) is 11.3 Å². The molecule has 0 radical (unpaired) electrons. The number of halogens is 2. The van der Waals surface area contributed by atoms with Gasteiger partial charge in [0.25, 0.3) is 0 Å². The Labute approximate surface area is 159 Å². The molecule has 0 spiro atoms. The number of ether oxygens (including phenoxy) is 1. The molecule has 0 aliphatic heterocycles. The van der Waals surface area contributed by atoms with E-state index in [1.54, 1.807) is 0 Å². The van der Waals surface area contributed by atoms with Crippen LogP contribution in [-0.2, 0) is 16.0 Å². The van der Waals surface area contributed by atoms with Gasteiger partial charge in [0.15, 0.2) is 23.1 Å². The molecule has 142 valence electrons. The van der Waals surface area contributed by atoms with Crippen LogP contribution in [0.25, 0.3) is 10.6 Å². The van der Waals surface area contributed by atoms with Gasteiger partial charge in [0.2, 0.25) is 0 Å². The summed E-state index contributed by atoms with van der Waals surface area (Å²) in [5, 5.41) is 0.277. The number of carbonyl (C=O) groups is 2. The standard InChI is InChI=1S/C20H19F2NO3S/c1-3-15-17(16-18(24)9-4-5-10(6-9)19(16)25)23-20(27-15)11-7-13(22)14(26-2)8-12(11)21/h7-10,16H,3-6H2,1-2H3/t9-,10+,16?. The first-order valence-electron chi connectivity index (χ1n) is 9.05. The van der Waals surface area contributed by atoms with Gasteiger partial charge in [-0.1, -0.05) is 6.92 Å². The summed E-state index contributed by atoms with van der Waals surface area (Å²) in [6.45, 7) is 1.90. The van der Waals surface area contributed by atoms with Crippen molar-refractivity contribution in [3.8, 4) is 16.3 Å². The van der Waals surface area contributed by atoms with Crippen LogP contribution in [0.15, 0.2) is 12.1 Å². The first-order valence-corrected chi connectivity index (χ1v) is 9.86. The third-order valence-electron chi connectivity index (χ3n) is 5.60. The second kappa shape index (κ2) is 6.78. The Kier molecular flexibility index (Phi) is 4.58. The first kappa shape index (κ1) is 18.2. The second-order valence-electron chi connectivity index (χ2n) is 7.09. The van der Waals surface area contributed by atoms with Crippen LogP contribution in [0.2, 0.25) is 0 Å². The van der Waals surface area contributed by atoms with Crippen molar-refractivity contribution in [3.63, 3.8) is 0 Å². The van der Waals surface area contributed by atoms with E-state index in [0.29, 0.717) is 18.5 Å². The average molecular weight is 391 g/mol. The van der Waals surface area contributed by atoms with E-state index < -0.39 is 17.6 Å². The topological polar surface area (TPSA) is 56.3 Å². The van der Waals surface area contributed by atoms with Gasteiger partial charge in [0.1, 0.15) is 16.7 Å². The molecule has 0 amide bonds. The van der Waals surface area contributed by atoms with Gasteiger partial charge in [-0.2, -0.15) is 0 Å². The summed E-state index contributed by atoms with van der Waals surface area (Å²) >= 11 is 1.21. The minimum Gasteiger partial charge on any atom is -0.494 e. The number of benzene rings is 1. The Morgan fingerprint density at radius 3 is 2.41 bits per heavy atom. The highest BCUT2D eigenvalue weighted by atomic mass is 32.1. The van der Waals surface area contributed by atoms with Crippen molar-refractivity contribution in [3.05, 3.63) is 34.3 Å². The van der Waals surface area contributed by atoms with Crippen LogP contribution in [-0.4, -0.2) is 23.7 Å². The summed E-state index contributed by atoms with van der Waals surface area (Å²) in [5.74, 6) is -2.68. The molecule has 1 aromatic carbocycles. The molecule has 2 aliphatic rings. The highest BCUT2D eigenvalue weighted by Crippen LogP contribution is 2.46. The zero-order valence-electron chi connectivity index (χ0n) is 15.1. The highest BCUT2D eigenvalue weighted by Gasteiger charge is 2.49. The SMILES string of the molecule is CCc1sc(-c2cc(F)c(OC)cc2F)nc1C1C(=O)[C@@H]2CC[C@@H](C2)C1=O. The molecule has 2 bridgehead atoms. The lowest BCUT2D eigenvalue weighted by atomic mass is 9.77. The number of aryl methyl sites for hydroxylation is 1. The van der Waals surface area contributed by atoms with Crippen molar-refractivity contribution in [1.82, 2.24) is 4.98 Å². The van der Waals surface area contributed by atoms with Crippen LogP contribution >= 0.6 is 11.3 Å². The molecule has 4 rings (SSSR count). The Morgan fingerprint density at radius 2 is 1.81 bits per heavy atom. The summed E-state index contributed by atoms with van der Waals surface area (Å²) < 4.78 is 33.3. The molecule has 0 saturated heterocycles. The third kappa shape index (κ3) is 2.88. The molecule has 1 unspecified atom stereocenters. The monoisotopic (exact) mass is 391 g/mol. The number of hydrogen-bond acceptors (Lipinski definition) is 5. The van der Waals surface area contributed by atoms with E-state index in [-0.39, 0.29) is 39.7 Å². The van der Waals surface area contributed by atoms with Gasteiger partial charge in [-0.25, -0.2) is 13.8 Å². The predicted molar refractivity (Wildman–Crippen MR) is 97.0 cm³/mol. The van der Waals surface area contributed by atoms with Crippen molar-refractivity contribution in [2.24, 2.45) is 11.8 Å². The Bertz CT molecular complexity index is 918. The van der Waals surface area contributed by atoms with E-state index in [9.17, 15) is 18.4 Å². The summed E-state index contributed by atoms with van der Waals surface area (Å²) in [5.41, 5.74) is 0.442. The highest BCUT2D eigenvalue weighted by molar-refractivity contribution is 7.15. The summed E-state index contributed by atoms with van der Waals surface area (Å²) in [7, 11) is 1.27. The van der Waals surface area contributed by atoms with Gasteiger partial charge in [0, 0.05) is 28.3 Å². The first-order chi connectivity index (χ1) is 12.9. The van der Waals surface area contributed by atoms with E-state index in [4.69, 9.17) is 4.74 Å². The number of nitrogens with zero attached hydrogens (tertiary/aromatic N) is 1. The van der Waals surface area contributed by atoms with Gasteiger partial charge < -0.3 is 4.74 Å². The molecule has 7 heteroatoms. The zero-order chi connectivity index (χ0) is 19.3. The van der Waals surface area contributed by atoms with E-state index in [0.717, 1.165) is 29.9 Å². The minimum atomic E-state index is -0.859. The fourth-order valence-corrected chi connectivity index (χ4v) is 5.24. The van der Waals surface area contributed by atoms with E-state index in [2.05, 4.69) is 4.98 Å². The number of aromatic nitrogens is 1. The maximum absolute atomic E-state index is 14.5. The molecule has 2 fully saturated rings. The van der Waals surface area contributed by atoms with Gasteiger partial charge >= 0.3 is 0 Å². The van der Waals surface area contributed by atoms with Crippen LogP contribution in [0.3, 0.4) is 0 Å². The molecule has 4 nitrogen and oxygen atoms in total. The van der Waals surface area contributed by atoms with Crippen molar-refractivity contribution in [2.75, 3.05) is 7.11 Å². The Morgan fingerprint density at radius 1 is 1.15 bits per heavy atom. The molecule has 2 aromatic rings. The molecular formula is C20H19F2NO3S. The van der Waals surface area contributed by atoms with Crippen LogP contribution in [0.5, 0.6) is 5.75 Å². The van der Waals surface area contributed by atoms with E-state index in [1.165, 1.54) is 18.4 Å². The van der Waals surface area contributed by atoms with Crippen molar-refractivity contribution in [1.29, 1.82) is 0 Å². The smallest absolute Gasteiger partial charge is 0.165 e. The number of rotatable bonds is 4. The second-order valence-corrected chi connectivity index (χ2v) is 8.18. The molecule has 27 heavy (non-hydrogen) atoms. The third-order valence-corrected chi connectivity index (χ3v) is 6.85. The molecule has 1 heterocycles. The van der Waals surface area contributed by atoms with Crippen LogP contribution in [0.4, 0.5) is 8.78 Å². The number of thiazole rings is 1. The van der Waals surface area contributed by atoms with Crippen molar-refractivity contribution >= 4 is 22.9 Å². The van der Waals surface area contributed by atoms with Crippen LogP contribution < -0.4 is 4.74 Å². The number of carbonyl (C=O) groups excluding carboxylic acids is 2. The molecule has 0 N–H and O–H groups in total. The van der Waals surface area contributed by atoms with E-state index >= 15 is 0 Å². The fraction of sp³-hybridized carbons (Fsp3) is 0.450. The van der Waals surface area contributed by atoms with Gasteiger partial charge in [-0.3, -0.25) is 9.59 Å². The molecular weight excluding hydrogens is 372 g/mol. The quantitative estimate of drug-likeness (QED) is 0.729. The Balaban J connectivity index is 1.79. The lowest BCUT2D eigenvalue weighted by Crippen LogP contribution is -2.35. The van der Waals surface area contributed by atoms with Crippen LogP contribution in [0.1, 0.15) is 42.7 Å². The predicted octanol–water partition coefficient (Wildman–Crippen LogP) is 4.31. The molecule has 3 atom stereocenters. The largest absolute Gasteiger partial charge is 0.494 e. The summed E-state index contributed by atoms with van der Waals surface area (Å²) in [4.78, 5) is 30.8. The van der Waals surface area contributed by atoms with Crippen molar-refractivity contribution < 1.29 is 23.1 Å². The summed E-state index contributed by atoms with van der Waals surface area (Å²) in [6.07, 6.45) is 2.72. The number of Topliss-reactive ketones (excluding diaryl/α,β-unsaturated/α-hetero) is 2. The van der Waals surface area contributed by atoms with E-state index in [1.807, 2.05) is 6.92 Å². The van der Waals surface area contributed by atoms with Gasteiger partial charge in [0.05, 0.1) is 12.8 Å². The van der Waals surface area contributed by atoms with Crippen molar-refractivity contribution in [2.45, 2.75) is 38.5 Å². The lowest BCUT2D eigenvalue weighted by Gasteiger charge is -2.24. The zero-order valence-corrected chi connectivity index (χ0v) is 15.9. The normalized spacial score (nSPS) is 24.5. The maximum Gasteiger partial charge on any atom is 0.165 e. The fourth-order valence-electron chi connectivity index (χ4n) is 4.19. The minimum absolute atomic E-state index is 0.0120. The molecule has 2 aliphatic carbocycles.